The lowest BCUT2D eigenvalue weighted by molar-refractivity contribution is -0.119. The van der Waals surface area contributed by atoms with Crippen LogP contribution in [0.15, 0.2) is 36.4 Å². The van der Waals surface area contributed by atoms with E-state index >= 15 is 0 Å². The van der Waals surface area contributed by atoms with Crippen molar-refractivity contribution in [2.24, 2.45) is 0 Å². The molecule has 2 aromatic carbocycles. The Hall–Kier alpha value is -1.67. The molecule has 162 valence electrons. The first-order valence-electron chi connectivity index (χ1n) is 9.38. The third kappa shape index (κ3) is 5.72. The normalized spacial score (nSPS) is 14.1. The third-order valence-electron chi connectivity index (χ3n) is 4.84. The van der Waals surface area contributed by atoms with Crippen molar-refractivity contribution in [1.29, 1.82) is 0 Å². The Kier molecular flexibility index (Phi) is 7.39. The van der Waals surface area contributed by atoms with Crippen LogP contribution in [-0.4, -0.2) is 40.2 Å². The number of amides is 1. The first-order valence-corrected chi connectivity index (χ1v) is 12.4. The average molecular weight is 491 g/mol. The van der Waals surface area contributed by atoms with E-state index in [0.717, 1.165) is 29.2 Å². The number of halogens is 3. The molecule has 0 spiro atoms. The van der Waals surface area contributed by atoms with E-state index in [1.165, 1.54) is 30.7 Å². The summed E-state index contributed by atoms with van der Waals surface area (Å²) in [4.78, 5) is 14.8. The molecule has 1 heterocycles. The zero-order valence-electron chi connectivity index (χ0n) is 16.4. The van der Waals surface area contributed by atoms with Crippen molar-refractivity contribution in [2.45, 2.75) is 19.4 Å². The second kappa shape index (κ2) is 9.64. The largest absolute Gasteiger partial charge is 0.372 e. The molecule has 0 saturated carbocycles. The summed E-state index contributed by atoms with van der Waals surface area (Å²) in [6.07, 6.45) is 3.41. The van der Waals surface area contributed by atoms with Gasteiger partial charge in [0, 0.05) is 25.3 Å². The molecule has 1 N–H and O–H groups in total. The zero-order chi connectivity index (χ0) is 21.9. The van der Waals surface area contributed by atoms with Gasteiger partial charge in [-0.2, -0.15) is 0 Å². The zero-order valence-corrected chi connectivity index (χ0v) is 19.5. The lowest BCUT2D eigenvalue weighted by Gasteiger charge is -2.23. The Morgan fingerprint density at radius 1 is 1.03 bits per heavy atom. The van der Waals surface area contributed by atoms with Crippen LogP contribution in [0.2, 0.25) is 15.1 Å². The van der Waals surface area contributed by atoms with Gasteiger partial charge in [-0.25, -0.2) is 8.42 Å². The number of nitrogens with one attached hydrogen (secondary N) is 1. The van der Waals surface area contributed by atoms with Crippen molar-refractivity contribution in [1.82, 2.24) is 5.32 Å². The van der Waals surface area contributed by atoms with E-state index in [4.69, 9.17) is 34.8 Å². The maximum atomic E-state index is 12.5. The average Bonchev–Trinajstić information content (AvgIpc) is 3.22. The van der Waals surface area contributed by atoms with Gasteiger partial charge in [0.1, 0.15) is 6.54 Å². The van der Waals surface area contributed by atoms with E-state index in [-0.39, 0.29) is 27.3 Å². The van der Waals surface area contributed by atoms with Crippen molar-refractivity contribution in [3.8, 4) is 0 Å². The molecule has 0 bridgehead atoms. The van der Waals surface area contributed by atoms with E-state index in [1.54, 1.807) is 0 Å². The van der Waals surface area contributed by atoms with Gasteiger partial charge in [0.2, 0.25) is 15.9 Å². The van der Waals surface area contributed by atoms with E-state index in [9.17, 15) is 13.2 Å². The minimum atomic E-state index is -3.78. The van der Waals surface area contributed by atoms with Crippen molar-refractivity contribution in [2.75, 3.05) is 35.1 Å². The van der Waals surface area contributed by atoms with Gasteiger partial charge in [-0.1, -0.05) is 46.9 Å². The van der Waals surface area contributed by atoms with Crippen LogP contribution in [0.3, 0.4) is 0 Å². The fraction of sp³-hybridized carbons (Fsp3) is 0.350. The van der Waals surface area contributed by atoms with Gasteiger partial charge < -0.3 is 10.2 Å². The highest BCUT2D eigenvalue weighted by atomic mass is 35.5. The van der Waals surface area contributed by atoms with Crippen LogP contribution in [0.5, 0.6) is 0 Å². The molecule has 2 aromatic rings. The molecule has 1 aliphatic heterocycles. The SMILES string of the molecule is CS(=O)(=O)N(CC(=O)NCc1ccc(N2CCCC2)cc1)c1cc(Cl)c(Cl)cc1Cl. The predicted octanol–water partition coefficient (Wildman–Crippen LogP) is 4.33. The van der Waals surface area contributed by atoms with Crippen molar-refractivity contribution >= 4 is 62.1 Å². The summed E-state index contributed by atoms with van der Waals surface area (Å²) in [5, 5.41) is 3.17. The predicted molar refractivity (Wildman–Crippen MR) is 123 cm³/mol. The van der Waals surface area contributed by atoms with Crippen molar-refractivity contribution in [3.05, 3.63) is 57.0 Å². The number of anilines is 2. The molecule has 0 radical (unpaired) electrons. The maximum Gasteiger partial charge on any atom is 0.241 e. The Bertz CT molecular complexity index is 1020. The van der Waals surface area contributed by atoms with Crippen LogP contribution >= 0.6 is 34.8 Å². The minimum absolute atomic E-state index is 0.0835. The van der Waals surface area contributed by atoms with E-state index < -0.39 is 22.5 Å². The van der Waals surface area contributed by atoms with E-state index in [1.807, 2.05) is 24.3 Å². The van der Waals surface area contributed by atoms with Crippen LogP contribution in [0.25, 0.3) is 0 Å². The van der Waals surface area contributed by atoms with Crippen LogP contribution < -0.4 is 14.5 Å². The summed E-state index contributed by atoms with van der Waals surface area (Å²) < 4.78 is 25.4. The molecule has 0 atom stereocenters. The lowest BCUT2D eigenvalue weighted by Crippen LogP contribution is -2.40. The standard InChI is InChI=1S/C20H22Cl3N3O3S/c1-30(28,29)26(19-11-17(22)16(21)10-18(19)23)13-20(27)24-12-14-4-6-15(7-5-14)25-8-2-3-9-25/h4-7,10-11H,2-3,8-9,12-13H2,1H3,(H,24,27). The van der Waals surface area contributed by atoms with Crippen LogP contribution in [0.4, 0.5) is 11.4 Å². The Balaban J connectivity index is 1.66. The fourth-order valence-electron chi connectivity index (χ4n) is 3.27. The number of nitrogens with zero attached hydrogens (tertiary/aromatic N) is 2. The number of carbonyl (C=O) groups excluding carboxylic acids is 1. The Morgan fingerprint density at radius 3 is 2.23 bits per heavy atom. The van der Waals surface area contributed by atoms with Gasteiger partial charge in [0.15, 0.2) is 0 Å². The smallest absolute Gasteiger partial charge is 0.241 e. The van der Waals surface area contributed by atoms with Gasteiger partial charge in [-0.15, -0.1) is 0 Å². The van der Waals surface area contributed by atoms with Crippen molar-refractivity contribution in [3.63, 3.8) is 0 Å². The molecule has 1 fully saturated rings. The highest BCUT2D eigenvalue weighted by Gasteiger charge is 2.24. The molecule has 3 rings (SSSR count). The summed E-state index contributed by atoms with van der Waals surface area (Å²) in [6, 6.07) is 10.7. The van der Waals surface area contributed by atoms with Gasteiger partial charge in [-0.05, 0) is 42.7 Å². The summed E-state index contributed by atoms with van der Waals surface area (Å²) in [7, 11) is -3.78. The van der Waals surface area contributed by atoms with Crippen LogP contribution in [0, 0.1) is 0 Å². The summed E-state index contributed by atoms with van der Waals surface area (Å²) in [6.45, 7) is 1.98. The van der Waals surface area contributed by atoms with Gasteiger partial charge >= 0.3 is 0 Å². The molecule has 0 unspecified atom stereocenters. The number of benzene rings is 2. The van der Waals surface area contributed by atoms with Gasteiger partial charge in [-0.3, -0.25) is 9.10 Å². The third-order valence-corrected chi connectivity index (χ3v) is 6.99. The van der Waals surface area contributed by atoms with E-state index in [2.05, 4.69) is 10.2 Å². The Labute approximate surface area is 191 Å². The molecule has 6 nitrogen and oxygen atoms in total. The molecule has 0 aromatic heterocycles. The second-order valence-corrected chi connectivity index (χ2v) is 10.3. The molecule has 1 amide bonds. The highest BCUT2D eigenvalue weighted by Crippen LogP contribution is 2.35. The molecular formula is C20H22Cl3N3O3S. The maximum absolute atomic E-state index is 12.5. The minimum Gasteiger partial charge on any atom is -0.372 e. The lowest BCUT2D eigenvalue weighted by atomic mass is 10.2. The highest BCUT2D eigenvalue weighted by molar-refractivity contribution is 7.92. The van der Waals surface area contributed by atoms with Gasteiger partial charge in [0.05, 0.1) is 27.0 Å². The number of sulfonamides is 1. The number of carbonyl (C=O) groups is 1. The van der Waals surface area contributed by atoms with Crippen molar-refractivity contribution < 1.29 is 13.2 Å². The Morgan fingerprint density at radius 2 is 1.63 bits per heavy atom. The molecule has 0 aliphatic carbocycles. The molecular weight excluding hydrogens is 469 g/mol. The first-order chi connectivity index (χ1) is 14.1. The number of hydrogen-bond donors (Lipinski definition) is 1. The summed E-state index contributed by atoms with van der Waals surface area (Å²) in [5.74, 6) is -0.466. The molecule has 1 aliphatic rings. The number of hydrogen-bond acceptors (Lipinski definition) is 4. The molecule has 1 saturated heterocycles. The van der Waals surface area contributed by atoms with Crippen LogP contribution in [0.1, 0.15) is 18.4 Å². The topological polar surface area (TPSA) is 69.7 Å². The summed E-state index contributed by atoms with van der Waals surface area (Å²) >= 11 is 18.1. The number of rotatable bonds is 7. The van der Waals surface area contributed by atoms with E-state index in [0.29, 0.717) is 0 Å². The second-order valence-electron chi connectivity index (χ2n) is 7.12. The summed E-state index contributed by atoms with van der Waals surface area (Å²) in [5.41, 5.74) is 2.18. The first kappa shape index (κ1) is 23.0. The molecule has 30 heavy (non-hydrogen) atoms. The fourth-order valence-corrected chi connectivity index (χ4v) is 4.82. The van der Waals surface area contributed by atoms with Crippen LogP contribution in [-0.2, 0) is 21.4 Å². The monoisotopic (exact) mass is 489 g/mol. The molecule has 10 heteroatoms. The quantitative estimate of drug-likeness (QED) is 0.587. The van der Waals surface area contributed by atoms with Gasteiger partial charge in [0.25, 0.3) is 0 Å².